The molecule has 2 fully saturated rings. The molecular formula is C18H23F3N2O. The van der Waals surface area contributed by atoms with E-state index < -0.39 is 11.7 Å². The highest BCUT2D eigenvalue weighted by Crippen LogP contribution is 2.32. The maximum Gasteiger partial charge on any atom is 0.416 e. The summed E-state index contributed by atoms with van der Waals surface area (Å²) >= 11 is 0. The van der Waals surface area contributed by atoms with Crippen LogP contribution < -0.4 is 0 Å². The van der Waals surface area contributed by atoms with Gasteiger partial charge in [-0.3, -0.25) is 9.69 Å². The van der Waals surface area contributed by atoms with Crippen molar-refractivity contribution in [1.29, 1.82) is 0 Å². The fourth-order valence-corrected chi connectivity index (χ4v) is 3.37. The molecule has 1 aromatic rings. The predicted octanol–water partition coefficient (Wildman–Crippen LogP) is 3.54. The van der Waals surface area contributed by atoms with Crippen LogP contribution in [0.2, 0.25) is 0 Å². The van der Waals surface area contributed by atoms with Gasteiger partial charge in [0.05, 0.1) is 5.56 Å². The van der Waals surface area contributed by atoms with Crippen LogP contribution in [0, 0.1) is 5.92 Å². The molecule has 0 radical (unpaired) electrons. The highest BCUT2D eigenvalue weighted by Gasteiger charge is 2.35. The molecule has 0 N–H and O–H groups in total. The van der Waals surface area contributed by atoms with E-state index in [0.29, 0.717) is 12.1 Å². The topological polar surface area (TPSA) is 23.6 Å². The molecule has 0 atom stereocenters. The second-order valence-corrected chi connectivity index (χ2v) is 6.93. The normalized spacial score (nSPS) is 20.2. The highest BCUT2D eigenvalue weighted by atomic mass is 19.4. The molecule has 1 aliphatic heterocycles. The Kier molecular flexibility index (Phi) is 4.85. The lowest BCUT2D eigenvalue weighted by atomic mass is 10.0. The number of hydrogen-bond donors (Lipinski definition) is 0. The van der Waals surface area contributed by atoms with E-state index in [0.717, 1.165) is 44.8 Å². The number of piperidine rings is 1. The summed E-state index contributed by atoms with van der Waals surface area (Å²) in [6.07, 6.45) is -0.508. The second-order valence-electron chi connectivity index (χ2n) is 6.93. The number of rotatable bonds is 4. The Morgan fingerprint density at radius 1 is 1.21 bits per heavy atom. The summed E-state index contributed by atoms with van der Waals surface area (Å²) in [4.78, 5) is 16.2. The number of carbonyl (C=O) groups excluding carboxylic acids is 1. The first kappa shape index (κ1) is 17.3. The van der Waals surface area contributed by atoms with Crippen LogP contribution in [-0.2, 0) is 17.5 Å². The molecule has 3 nitrogen and oxygen atoms in total. The van der Waals surface area contributed by atoms with Crippen molar-refractivity contribution in [2.24, 2.45) is 5.92 Å². The first-order valence-electron chi connectivity index (χ1n) is 8.50. The molecular weight excluding hydrogens is 317 g/mol. The lowest BCUT2D eigenvalue weighted by Gasteiger charge is -2.37. The van der Waals surface area contributed by atoms with Crippen LogP contribution in [0.3, 0.4) is 0 Å². The molecule has 0 spiro atoms. The minimum atomic E-state index is -4.30. The molecule has 6 heteroatoms. The van der Waals surface area contributed by atoms with E-state index in [-0.39, 0.29) is 17.9 Å². The molecule has 1 aliphatic carbocycles. The Morgan fingerprint density at radius 3 is 2.46 bits per heavy atom. The number of hydrogen-bond acceptors (Lipinski definition) is 2. The quantitative estimate of drug-likeness (QED) is 0.837. The largest absolute Gasteiger partial charge is 0.416 e. The van der Waals surface area contributed by atoms with E-state index >= 15 is 0 Å². The number of amides is 1. The van der Waals surface area contributed by atoms with Gasteiger partial charge in [0.15, 0.2) is 0 Å². The van der Waals surface area contributed by atoms with Crippen molar-refractivity contribution in [2.45, 2.75) is 44.4 Å². The zero-order chi connectivity index (χ0) is 17.3. The maximum atomic E-state index is 12.8. The van der Waals surface area contributed by atoms with Crippen LogP contribution in [0.1, 0.15) is 36.8 Å². The minimum Gasteiger partial charge on any atom is -0.342 e. The molecule has 0 bridgehead atoms. The summed E-state index contributed by atoms with van der Waals surface area (Å²) in [6.45, 7) is 2.14. The number of benzene rings is 1. The molecule has 1 saturated heterocycles. The van der Waals surface area contributed by atoms with Gasteiger partial charge in [-0.2, -0.15) is 13.2 Å². The molecule has 1 amide bonds. The molecule has 132 valence electrons. The van der Waals surface area contributed by atoms with Crippen LogP contribution in [0.15, 0.2) is 24.3 Å². The third-order valence-electron chi connectivity index (χ3n) is 5.04. The summed E-state index contributed by atoms with van der Waals surface area (Å²) in [5, 5.41) is 0. The van der Waals surface area contributed by atoms with Crippen molar-refractivity contribution in [3.05, 3.63) is 35.4 Å². The van der Waals surface area contributed by atoms with Gasteiger partial charge in [0.1, 0.15) is 0 Å². The zero-order valence-electron chi connectivity index (χ0n) is 13.9. The summed E-state index contributed by atoms with van der Waals surface area (Å²) in [7, 11) is 1.88. The second kappa shape index (κ2) is 6.75. The third kappa shape index (κ3) is 4.09. The Labute approximate surface area is 140 Å². The van der Waals surface area contributed by atoms with Crippen LogP contribution in [-0.4, -0.2) is 41.9 Å². The standard InChI is InChI=1S/C18H23F3N2O/c1-22(17(24)14-5-6-14)16-7-9-23(10-8-16)12-13-3-2-4-15(11-13)18(19,20)21/h2-4,11,14,16H,5-10,12H2,1H3. The maximum absolute atomic E-state index is 12.8. The lowest BCUT2D eigenvalue weighted by Crippen LogP contribution is -2.45. The SMILES string of the molecule is CN(C(=O)C1CC1)C1CCN(Cc2cccc(C(F)(F)F)c2)CC1. The predicted molar refractivity (Wildman–Crippen MR) is 85.2 cm³/mol. The summed E-state index contributed by atoms with van der Waals surface area (Å²) in [5.41, 5.74) is 0.0929. The van der Waals surface area contributed by atoms with E-state index in [2.05, 4.69) is 4.90 Å². The number of carbonyl (C=O) groups is 1. The first-order chi connectivity index (χ1) is 11.3. The minimum absolute atomic E-state index is 0.234. The summed E-state index contributed by atoms with van der Waals surface area (Å²) in [6, 6.07) is 5.80. The van der Waals surface area contributed by atoms with Crippen LogP contribution in [0.5, 0.6) is 0 Å². The van der Waals surface area contributed by atoms with Crippen molar-refractivity contribution in [3.63, 3.8) is 0 Å². The van der Waals surface area contributed by atoms with Gasteiger partial charge in [0.25, 0.3) is 0 Å². The van der Waals surface area contributed by atoms with Crippen molar-refractivity contribution in [1.82, 2.24) is 9.80 Å². The molecule has 2 aliphatic rings. The lowest BCUT2D eigenvalue weighted by molar-refractivity contribution is -0.137. The molecule has 1 heterocycles. The number of likely N-dealkylation sites (tertiary alicyclic amines) is 1. The monoisotopic (exact) mass is 340 g/mol. The smallest absolute Gasteiger partial charge is 0.342 e. The molecule has 1 saturated carbocycles. The Bertz CT molecular complexity index is 590. The van der Waals surface area contributed by atoms with E-state index in [9.17, 15) is 18.0 Å². The van der Waals surface area contributed by atoms with Gasteiger partial charge in [-0.25, -0.2) is 0 Å². The van der Waals surface area contributed by atoms with Gasteiger partial charge in [0, 0.05) is 38.6 Å². The molecule has 24 heavy (non-hydrogen) atoms. The summed E-state index contributed by atoms with van der Waals surface area (Å²) in [5.74, 6) is 0.490. The third-order valence-corrected chi connectivity index (χ3v) is 5.04. The molecule has 1 aromatic carbocycles. The van der Waals surface area contributed by atoms with Crippen molar-refractivity contribution in [2.75, 3.05) is 20.1 Å². The van der Waals surface area contributed by atoms with Crippen LogP contribution >= 0.6 is 0 Å². The van der Waals surface area contributed by atoms with Crippen molar-refractivity contribution < 1.29 is 18.0 Å². The number of halogens is 3. The van der Waals surface area contributed by atoms with Gasteiger partial charge in [-0.15, -0.1) is 0 Å². The zero-order valence-corrected chi connectivity index (χ0v) is 13.9. The van der Waals surface area contributed by atoms with E-state index in [1.54, 1.807) is 6.07 Å². The Morgan fingerprint density at radius 2 is 1.88 bits per heavy atom. The van der Waals surface area contributed by atoms with Gasteiger partial charge in [-0.1, -0.05) is 18.2 Å². The molecule has 0 unspecified atom stereocenters. The Hall–Kier alpha value is -1.56. The van der Waals surface area contributed by atoms with E-state index in [4.69, 9.17) is 0 Å². The van der Waals surface area contributed by atoms with Gasteiger partial charge < -0.3 is 4.90 Å². The first-order valence-corrected chi connectivity index (χ1v) is 8.50. The highest BCUT2D eigenvalue weighted by molar-refractivity contribution is 5.81. The molecule has 0 aromatic heterocycles. The van der Waals surface area contributed by atoms with Crippen LogP contribution in [0.4, 0.5) is 13.2 Å². The van der Waals surface area contributed by atoms with E-state index in [1.807, 2.05) is 11.9 Å². The number of nitrogens with zero attached hydrogens (tertiary/aromatic N) is 2. The summed E-state index contributed by atoms with van der Waals surface area (Å²) < 4.78 is 38.3. The number of alkyl halides is 3. The van der Waals surface area contributed by atoms with Crippen molar-refractivity contribution >= 4 is 5.91 Å². The van der Waals surface area contributed by atoms with Gasteiger partial charge >= 0.3 is 6.18 Å². The van der Waals surface area contributed by atoms with Gasteiger partial charge in [0.2, 0.25) is 5.91 Å². The van der Waals surface area contributed by atoms with Crippen molar-refractivity contribution in [3.8, 4) is 0 Å². The average molecular weight is 340 g/mol. The fourth-order valence-electron chi connectivity index (χ4n) is 3.37. The Balaban J connectivity index is 1.53. The van der Waals surface area contributed by atoms with E-state index in [1.165, 1.54) is 12.1 Å². The van der Waals surface area contributed by atoms with Gasteiger partial charge in [-0.05, 0) is 37.3 Å². The molecule has 3 rings (SSSR count). The van der Waals surface area contributed by atoms with Crippen LogP contribution in [0.25, 0.3) is 0 Å². The average Bonchev–Trinajstić information content (AvgIpc) is 3.39. The fraction of sp³-hybridized carbons (Fsp3) is 0.611.